The summed E-state index contributed by atoms with van der Waals surface area (Å²) >= 11 is 0. The highest BCUT2D eigenvalue weighted by Crippen LogP contribution is 2.22. The van der Waals surface area contributed by atoms with E-state index >= 15 is 0 Å². The number of fused-ring (bicyclic) bond motifs is 1. The number of hydrogen-bond acceptors (Lipinski definition) is 3. The zero-order valence-corrected chi connectivity index (χ0v) is 10.5. The van der Waals surface area contributed by atoms with Crippen molar-refractivity contribution in [2.75, 3.05) is 11.9 Å². The van der Waals surface area contributed by atoms with Crippen molar-refractivity contribution < 1.29 is 4.79 Å². The van der Waals surface area contributed by atoms with Crippen molar-refractivity contribution in [2.45, 2.75) is 13.0 Å². The van der Waals surface area contributed by atoms with Crippen LogP contribution in [0.3, 0.4) is 0 Å². The van der Waals surface area contributed by atoms with E-state index < -0.39 is 0 Å². The van der Waals surface area contributed by atoms with E-state index in [1.165, 1.54) is 5.56 Å². The van der Waals surface area contributed by atoms with Crippen molar-refractivity contribution in [1.29, 1.82) is 0 Å². The van der Waals surface area contributed by atoms with Crippen molar-refractivity contribution in [1.82, 2.24) is 10.3 Å². The Bertz CT molecular complexity index is 596. The fourth-order valence-electron chi connectivity index (χ4n) is 2.22. The summed E-state index contributed by atoms with van der Waals surface area (Å²) in [5, 5.41) is 6.17. The van der Waals surface area contributed by atoms with E-state index in [1.54, 1.807) is 6.20 Å². The second kappa shape index (κ2) is 5.10. The third-order valence-corrected chi connectivity index (χ3v) is 3.23. The van der Waals surface area contributed by atoms with E-state index in [2.05, 4.69) is 15.6 Å². The highest BCUT2D eigenvalue weighted by molar-refractivity contribution is 5.95. The summed E-state index contributed by atoms with van der Waals surface area (Å²) in [6.45, 7) is 1.41. The van der Waals surface area contributed by atoms with Crippen molar-refractivity contribution in [3.63, 3.8) is 0 Å². The molecule has 0 saturated heterocycles. The first-order valence-corrected chi connectivity index (χ1v) is 6.38. The molecule has 4 nitrogen and oxygen atoms in total. The molecule has 0 fully saturated rings. The van der Waals surface area contributed by atoms with Crippen molar-refractivity contribution in [3.8, 4) is 0 Å². The zero-order valence-electron chi connectivity index (χ0n) is 10.5. The van der Waals surface area contributed by atoms with E-state index in [-0.39, 0.29) is 5.91 Å². The van der Waals surface area contributed by atoms with Gasteiger partial charge in [0.05, 0.1) is 12.2 Å². The number of rotatable bonds is 3. The Morgan fingerprint density at radius 3 is 3.11 bits per heavy atom. The van der Waals surface area contributed by atoms with E-state index in [9.17, 15) is 4.79 Å². The minimum absolute atomic E-state index is 0.0552. The fourth-order valence-corrected chi connectivity index (χ4v) is 2.22. The largest absolute Gasteiger partial charge is 0.384 e. The first-order chi connectivity index (χ1) is 9.33. The van der Waals surface area contributed by atoms with Crippen LogP contribution < -0.4 is 10.6 Å². The number of carbonyl (C=O) groups is 1. The van der Waals surface area contributed by atoms with Gasteiger partial charge in [0.25, 0.3) is 5.91 Å². The molecule has 1 aliphatic heterocycles. The lowest BCUT2D eigenvalue weighted by atomic mass is 10.1. The van der Waals surface area contributed by atoms with Crippen LogP contribution in [-0.4, -0.2) is 17.4 Å². The molecular weight excluding hydrogens is 238 g/mol. The molecule has 1 aliphatic rings. The lowest BCUT2D eigenvalue weighted by Gasteiger charge is -2.06. The second-order valence-electron chi connectivity index (χ2n) is 4.55. The molecule has 4 heteroatoms. The molecule has 0 bridgehead atoms. The molecule has 0 saturated carbocycles. The number of benzene rings is 1. The normalized spacial score (nSPS) is 12.6. The van der Waals surface area contributed by atoms with Gasteiger partial charge in [-0.05, 0) is 42.3 Å². The molecule has 1 aromatic heterocycles. The van der Waals surface area contributed by atoms with E-state index in [0.29, 0.717) is 12.1 Å². The SMILES string of the molecule is O=C(NCc1ccccn1)c1ccc2c(c1)CCN2. The number of aromatic nitrogens is 1. The van der Waals surface area contributed by atoms with Crippen LogP contribution in [0.4, 0.5) is 5.69 Å². The van der Waals surface area contributed by atoms with Crippen molar-refractivity contribution in [2.24, 2.45) is 0 Å². The molecule has 96 valence electrons. The van der Waals surface area contributed by atoms with Crippen LogP contribution in [0.2, 0.25) is 0 Å². The summed E-state index contributed by atoms with van der Waals surface area (Å²) in [5.41, 5.74) is 3.92. The molecule has 1 aromatic carbocycles. The summed E-state index contributed by atoms with van der Waals surface area (Å²) in [6.07, 6.45) is 2.71. The maximum absolute atomic E-state index is 12.1. The first kappa shape index (κ1) is 11.7. The molecule has 2 heterocycles. The summed E-state index contributed by atoms with van der Waals surface area (Å²) in [6, 6.07) is 11.5. The lowest BCUT2D eigenvalue weighted by Crippen LogP contribution is -2.23. The smallest absolute Gasteiger partial charge is 0.251 e. The van der Waals surface area contributed by atoms with Crippen molar-refractivity contribution >= 4 is 11.6 Å². The van der Waals surface area contributed by atoms with Gasteiger partial charge in [0.1, 0.15) is 0 Å². The van der Waals surface area contributed by atoms with Gasteiger partial charge in [0, 0.05) is 24.0 Å². The molecule has 0 radical (unpaired) electrons. The molecular formula is C15H15N3O. The molecule has 0 unspecified atom stereocenters. The van der Waals surface area contributed by atoms with Crippen LogP contribution in [0, 0.1) is 0 Å². The first-order valence-electron chi connectivity index (χ1n) is 6.38. The van der Waals surface area contributed by atoms with Crippen LogP contribution in [0.5, 0.6) is 0 Å². The summed E-state index contributed by atoms with van der Waals surface area (Å²) in [7, 11) is 0. The van der Waals surface area contributed by atoms with Crippen LogP contribution >= 0.6 is 0 Å². The Labute approximate surface area is 111 Å². The van der Waals surface area contributed by atoms with Crippen LogP contribution in [0.15, 0.2) is 42.6 Å². The average molecular weight is 253 g/mol. The van der Waals surface area contributed by atoms with Gasteiger partial charge in [-0.1, -0.05) is 6.07 Å². The Morgan fingerprint density at radius 2 is 2.26 bits per heavy atom. The molecule has 0 spiro atoms. The van der Waals surface area contributed by atoms with Gasteiger partial charge < -0.3 is 10.6 Å². The topological polar surface area (TPSA) is 54.0 Å². The monoisotopic (exact) mass is 253 g/mol. The van der Waals surface area contributed by atoms with Gasteiger partial charge in [-0.25, -0.2) is 0 Å². The van der Waals surface area contributed by atoms with Gasteiger partial charge in [-0.2, -0.15) is 0 Å². The summed E-state index contributed by atoms with van der Waals surface area (Å²) in [4.78, 5) is 16.2. The standard InChI is InChI=1S/C15H15N3O/c19-15(18-10-13-3-1-2-7-16-13)12-4-5-14-11(9-12)6-8-17-14/h1-5,7,9,17H,6,8,10H2,(H,18,19). The maximum atomic E-state index is 12.1. The Balaban J connectivity index is 1.67. The Hall–Kier alpha value is -2.36. The second-order valence-corrected chi connectivity index (χ2v) is 4.55. The predicted molar refractivity (Wildman–Crippen MR) is 74.0 cm³/mol. The van der Waals surface area contributed by atoms with Gasteiger partial charge in [0.2, 0.25) is 0 Å². The number of hydrogen-bond donors (Lipinski definition) is 2. The van der Waals surface area contributed by atoms with E-state index in [4.69, 9.17) is 0 Å². The highest BCUT2D eigenvalue weighted by Gasteiger charge is 2.13. The third-order valence-electron chi connectivity index (χ3n) is 3.23. The lowest BCUT2D eigenvalue weighted by molar-refractivity contribution is 0.0950. The molecule has 3 rings (SSSR count). The molecule has 0 aliphatic carbocycles. The Morgan fingerprint density at radius 1 is 1.32 bits per heavy atom. The molecule has 2 aromatic rings. The van der Waals surface area contributed by atoms with Crippen molar-refractivity contribution in [3.05, 3.63) is 59.4 Å². The van der Waals surface area contributed by atoms with Crippen LogP contribution in [0.25, 0.3) is 0 Å². The highest BCUT2D eigenvalue weighted by atomic mass is 16.1. The number of carbonyl (C=O) groups excluding carboxylic acids is 1. The minimum Gasteiger partial charge on any atom is -0.384 e. The van der Waals surface area contributed by atoms with Gasteiger partial charge >= 0.3 is 0 Å². The predicted octanol–water partition coefficient (Wildman–Crippen LogP) is 1.98. The average Bonchev–Trinajstić information content (AvgIpc) is 2.93. The van der Waals surface area contributed by atoms with Gasteiger partial charge in [-0.15, -0.1) is 0 Å². The summed E-state index contributed by atoms with van der Waals surface area (Å²) in [5.74, 6) is -0.0552. The van der Waals surface area contributed by atoms with E-state index in [0.717, 1.165) is 24.3 Å². The van der Waals surface area contributed by atoms with Gasteiger partial charge in [0.15, 0.2) is 0 Å². The van der Waals surface area contributed by atoms with Crippen LogP contribution in [0.1, 0.15) is 21.6 Å². The molecule has 1 amide bonds. The quantitative estimate of drug-likeness (QED) is 0.879. The van der Waals surface area contributed by atoms with E-state index in [1.807, 2.05) is 36.4 Å². The fraction of sp³-hybridized carbons (Fsp3) is 0.200. The molecule has 2 N–H and O–H groups in total. The number of amides is 1. The Kier molecular flexibility index (Phi) is 3.14. The number of anilines is 1. The van der Waals surface area contributed by atoms with Crippen LogP contribution in [-0.2, 0) is 13.0 Å². The number of pyridine rings is 1. The molecule has 0 atom stereocenters. The number of nitrogens with one attached hydrogen (secondary N) is 2. The van der Waals surface area contributed by atoms with Gasteiger partial charge in [-0.3, -0.25) is 9.78 Å². The summed E-state index contributed by atoms with van der Waals surface area (Å²) < 4.78 is 0. The maximum Gasteiger partial charge on any atom is 0.251 e. The molecule has 19 heavy (non-hydrogen) atoms. The minimum atomic E-state index is -0.0552. The number of nitrogens with zero attached hydrogens (tertiary/aromatic N) is 1. The zero-order chi connectivity index (χ0) is 13.1. The third kappa shape index (κ3) is 2.57.